The molecule has 0 fully saturated rings. The predicted octanol–water partition coefficient (Wildman–Crippen LogP) is 3.15. The Morgan fingerprint density at radius 2 is 2.00 bits per heavy atom. The zero-order chi connectivity index (χ0) is 11.4. The molecule has 1 aromatic carbocycles. The topological polar surface area (TPSA) is 35.8 Å². The van der Waals surface area contributed by atoms with Crippen molar-refractivity contribution in [3.8, 4) is 6.07 Å². The zero-order valence-corrected chi connectivity index (χ0v) is 9.21. The number of nitrogens with zero attached hydrogens (tertiary/aromatic N) is 1. The summed E-state index contributed by atoms with van der Waals surface area (Å²) in [6, 6.07) is 6.64. The zero-order valence-electron chi connectivity index (χ0n) is 9.21. The lowest BCUT2D eigenvalue weighted by Gasteiger charge is -2.18. The molecule has 80 valence electrons. The molecule has 0 bridgehead atoms. The van der Waals surface area contributed by atoms with Crippen molar-refractivity contribution in [1.29, 1.82) is 5.26 Å². The van der Waals surface area contributed by atoms with E-state index in [9.17, 15) is 4.39 Å². The van der Waals surface area contributed by atoms with Gasteiger partial charge in [0, 0.05) is 11.7 Å². The normalized spacial score (nSPS) is 12.3. The standard InChI is InChI=1S/C12H15FN2/c1-8(2)9(3)15-11-5-4-10(7-14)12(13)6-11/h4-6,8-9,15H,1-3H3. The molecule has 1 N–H and O–H groups in total. The van der Waals surface area contributed by atoms with Crippen molar-refractivity contribution in [2.75, 3.05) is 5.32 Å². The van der Waals surface area contributed by atoms with Gasteiger partial charge in [0.05, 0.1) is 5.56 Å². The van der Waals surface area contributed by atoms with E-state index in [1.807, 2.05) is 6.92 Å². The smallest absolute Gasteiger partial charge is 0.143 e. The average molecular weight is 206 g/mol. The Bertz CT molecular complexity index is 380. The fourth-order valence-corrected chi connectivity index (χ4v) is 1.13. The molecule has 0 heterocycles. The van der Waals surface area contributed by atoms with Crippen LogP contribution in [0.4, 0.5) is 10.1 Å². The number of nitriles is 1. The highest BCUT2D eigenvalue weighted by Gasteiger charge is 2.08. The van der Waals surface area contributed by atoms with Crippen LogP contribution < -0.4 is 5.32 Å². The van der Waals surface area contributed by atoms with Crippen molar-refractivity contribution in [1.82, 2.24) is 0 Å². The van der Waals surface area contributed by atoms with Crippen LogP contribution in [0.5, 0.6) is 0 Å². The molecule has 3 heteroatoms. The third-order valence-electron chi connectivity index (χ3n) is 2.48. The number of hydrogen-bond acceptors (Lipinski definition) is 2. The van der Waals surface area contributed by atoms with Gasteiger partial charge in [-0.15, -0.1) is 0 Å². The minimum absolute atomic E-state index is 0.0813. The fourth-order valence-electron chi connectivity index (χ4n) is 1.13. The molecule has 0 saturated heterocycles. The lowest BCUT2D eigenvalue weighted by Crippen LogP contribution is -2.21. The molecule has 0 saturated carbocycles. The summed E-state index contributed by atoms with van der Waals surface area (Å²) in [6.45, 7) is 6.23. The molecule has 0 aliphatic heterocycles. The van der Waals surface area contributed by atoms with E-state index >= 15 is 0 Å². The van der Waals surface area contributed by atoms with E-state index in [2.05, 4.69) is 19.2 Å². The monoisotopic (exact) mass is 206 g/mol. The molecule has 0 amide bonds. The van der Waals surface area contributed by atoms with E-state index in [0.29, 0.717) is 11.6 Å². The van der Waals surface area contributed by atoms with E-state index in [1.165, 1.54) is 12.1 Å². The van der Waals surface area contributed by atoms with E-state index in [4.69, 9.17) is 5.26 Å². The Kier molecular flexibility index (Phi) is 3.68. The van der Waals surface area contributed by atoms with E-state index in [-0.39, 0.29) is 11.6 Å². The largest absolute Gasteiger partial charge is 0.382 e. The molecule has 2 nitrogen and oxygen atoms in total. The Balaban J connectivity index is 2.81. The number of anilines is 1. The van der Waals surface area contributed by atoms with Gasteiger partial charge in [0.15, 0.2) is 0 Å². The maximum atomic E-state index is 13.2. The number of benzene rings is 1. The Morgan fingerprint density at radius 1 is 1.33 bits per heavy atom. The van der Waals surface area contributed by atoms with Crippen molar-refractivity contribution in [3.63, 3.8) is 0 Å². The maximum absolute atomic E-state index is 13.2. The van der Waals surface area contributed by atoms with Gasteiger partial charge in [-0.05, 0) is 31.0 Å². The minimum Gasteiger partial charge on any atom is -0.382 e. The Hall–Kier alpha value is -1.56. The van der Waals surface area contributed by atoms with Crippen molar-refractivity contribution >= 4 is 5.69 Å². The third kappa shape index (κ3) is 2.95. The first-order valence-corrected chi connectivity index (χ1v) is 5.00. The van der Waals surface area contributed by atoms with Gasteiger partial charge in [0.25, 0.3) is 0 Å². The van der Waals surface area contributed by atoms with Crippen LogP contribution in [0.1, 0.15) is 26.3 Å². The van der Waals surface area contributed by atoms with E-state index in [0.717, 1.165) is 0 Å². The second-order valence-electron chi connectivity index (χ2n) is 3.98. The summed E-state index contributed by atoms with van der Waals surface area (Å²) >= 11 is 0. The van der Waals surface area contributed by atoms with Crippen LogP contribution in [-0.2, 0) is 0 Å². The molecule has 1 rings (SSSR count). The maximum Gasteiger partial charge on any atom is 0.143 e. The molecule has 15 heavy (non-hydrogen) atoms. The second kappa shape index (κ2) is 4.79. The number of nitrogens with one attached hydrogen (secondary N) is 1. The van der Waals surface area contributed by atoms with E-state index < -0.39 is 5.82 Å². The van der Waals surface area contributed by atoms with Gasteiger partial charge >= 0.3 is 0 Å². The van der Waals surface area contributed by atoms with Gasteiger partial charge in [0.1, 0.15) is 11.9 Å². The molecule has 0 aliphatic rings. The van der Waals surface area contributed by atoms with Crippen molar-refractivity contribution < 1.29 is 4.39 Å². The average Bonchev–Trinajstić information content (AvgIpc) is 2.18. The highest BCUT2D eigenvalue weighted by molar-refractivity contribution is 5.48. The Labute approximate surface area is 89.7 Å². The molecule has 0 aliphatic carbocycles. The fraction of sp³-hybridized carbons (Fsp3) is 0.417. The van der Waals surface area contributed by atoms with Crippen LogP contribution in [0.3, 0.4) is 0 Å². The first kappa shape index (κ1) is 11.5. The lowest BCUT2D eigenvalue weighted by molar-refractivity contribution is 0.559. The second-order valence-corrected chi connectivity index (χ2v) is 3.98. The highest BCUT2D eigenvalue weighted by Crippen LogP contribution is 2.16. The van der Waals surface area contributed by atoms with Gasteiger partial charge in [0.2, 0.25) is 0 Å². The number of hydrogen-bond donors (Lipinski definition) is 1. The van der Waals surface area contributed by atoms with Gasteiger partial charge in [-0.25, -0.2) is 4.39 Å². The highest BCUT2D eigenvalue weighted by atomic mass is 19.1. The van der Waals surface area contributed by atoms with Crippen LogP contribution in [0.15, 0.2) is 18.2 Å². The molecule has 0 spiro atoms. The van der Waals surface area contributed by atoms with Gasteiger partial charge in [-0.2, -0.15) is 5.26 Å². The van der Waals surface area contributed by atoms with Gasteiger partial charge in [-0.3, -0.25) is 0 Å². The number of rotatable bonds is 3. The summed E-state index contributed by atoms with van der Waals surface area (Å²) in [5.41, 5.74) is 0.797. The van der Waals surface area contributed by atoms with E-state index in [1.54, 1.807) is 12.1 Å². The molecular formula is C12H15FN2. The summed E-state index contributed by atoms with van der Waals surface area (Å²) in [7, 11) is 0. The van der Waals surface area contributed by atoms with Crippen LogP contribution >= 0.6 is 0 Å². The molecule has 1 atom stereocenters. The van der Waals surface area contributed by atoms with Crippen molar-refractivity contribution in [2.45, 2.75) is 26.8 Å². The Morgan fingerprint density at radius 3 is 2.47 bits per heavy atom. The first-order valence-electron chi connectivity index (χ1n) is 5.00. The first-order chi connectivity index (χ1) is 7.04. The molecule has 1 aromatic rings. The number of halogens is 1. The van der Waals surface area contributed by atoms with Crippen molar-refractivity contribution in [3.05, 3.63) is 29.6 Å². The van der Waals surface area contributed by atoms with Crippen LogP contribution in [0, 0.1) is 23.1 Å². The van der Waals surface area contributed by atoms with Crippen LogP contribution in [0.2, 0.25) is 0 Å². The van der Waals surface area contributed by atoms with Crippen LogP contribution in [-0.4, -0.2) is 6.04 Å². The summed E-state index contributed by atoms with van der Waals surface area (Å²) in [6.07, 6.45) is 0. The predicted molar refractivity (Wildman–Crippen MR) is 59.0 cm³/mol. The van der Waals surface area contributed by atoms with Gasteiger partial charge < -0.3 is 5.32 Å². The van der Waals surface area contributed by atoms with Crippen LogP contribution in [0.25, 0.3) is 0 Å². The summed E-state index contributed by atoms with van der Waals surface area (Å²) in [5.74, 6) is 0.00200. The summed E-state index contributed by atoms with van der Waals surface area (Å²) < 4.78 is 13.2. The summed E-state index contributed by atoms with van der Waals surface area (Å²) in [4.78, 5) is 0. The molecule has 0 radical (unpaired) electrons. The van der Waals surface area contributed by atoms with Gasteiger partial charge in [-0.1, -0.05) is 13.8 Å². The summed E-state index contributed by atoms with van der Waals surface area (Å²) in [5, 5.41) is 11.8. The SMILES string of the molecule is CC(C)C(C)Nc1ccc(C#N)c(F)c1. The third-order valence-corrected chi connectivity index (χ3v) is 2.48. The van der Waals surface area contributed by atoms with Crippen molar-refractivity contribution in [2.24, 2.45) is 5.92 Å². The molecular weight excluding hydrogens is 191 g/mol. The lowest BCUT2D eigenvalue weighted by atomic mass is 10.1. The minimum atomic E-state index is -0.474. The quantitative estimate of drug-likeness (QED) is 0.824. The molecule has 0 aromatic heterocycles. The molecule has 1 unspecified atom stereocenters.